The van der Waals surface area contributed by atoms with Gasteiger partial charge in [0.2, 0.25) is 0 Å². The Kier molecular flexibility index (Phi) is 4.86. The zero-order valence-electron chi connectivity index (χ0n) is 9.01. The highest BCUT2D eigenvalue weighted by Crippen LogP contribution is 2.11. The fourth-order valence-electron chi connectivity index (χ4n) is 1.11. The minimum absolute atomic E-state index is 0.0200. The number of esters is 1. The zero-order valence-corrected chi connectivity index (χ0v) is 9.77. The number of carbonyl (C=O) groups excluding carboxylic acids is 2. The maximum absolute atomic E-state index is 11.7. The number of hydrogen-bond acceptors (Lipinski definition) is 5. The van der Waals surface area contributed by atoms with E-state index in [2.05, 4.69) is 15.0 Å². The number of carbonyl (C=O) groups is 2. The van der Waals surface area contributed by atoms with Crippen LogP contribution >= 0.6 is 11.6 Å². The monoisotopic (exact) mass is 258 g/mol. The third-order valence-corrected chi connectivity index (χ3v) is 2.28. The number of amides is 1. The summed E-state index contributed by atoms with van der Waals surface area (Å²) in [7, 11) is 1.16. The number of methoxy groups -OCH3 is 1. The summed E-state index contributed by atoms with van der Waals surface area (Å²) in [4.78, 5) is 26.6. The molecule has 1 atom stereocenters. The number of hydrogen-bond donors (Lipinski definition) is 2. The summed E-state index contributed by atoms with van der Waals surface area (Å²) in [5.41, 5.74) is 0.122. The van der Waals surface area contributed by atoms with Gasteiger partial charge in [0.05, 0.1) is 19.3 Å². The molecule has 1 rings (SSSR count). The number of halogens is 1. The second kappa shape index (κ2) is 6.17. The Hall–Kier alpha value is -1.66. The van der Waals surface area contributed by atoms with Crippen LogP contribution in [0.2, 0.25) is 5.15 Å². The van der Waals surface area contributed by atoms with Crippen LogP contribution in [0, 0.1) is 0 Å². The van der Waals surface area contributed by atoms with Crippen molar-refractivity contribution in [1.82, 2.24) is 10.3 Å². The van der Waals surface area contributed by atoms with Crippen molar-refractivity contribution in [3.05, 3.63) is 29.0 Å². The lowest BCUT2D eigenvalue weighted by molar-refractivity contribution is -0.143. The van der Waals surface area contributed by atoms with E-state index in [1.54, 1.807) is 0 Å². The maximum Gasteiger partial charge on any atom is 0.330 e. The van der Waals surface area contributed by atoms with Gasteiger partial charge in [0.15, 0.2) is 6.04 Å². The molecule has 1 aromatic heterocycles. The van der Waals surface area contributed by atoms with Crippen LogP contribution in [0.3, 0.4) is 0 Å². The van der Waals surface area contributed by atoms with Crippen molar-refractivity contribution in [1.29, 1.82) is 0 Å². The molecular formula is C10H11ClN2O4. The number of pyridine rings is 1. The van der Waals surface area contributed by atoms with Gasteiger partial charge in [-0.05, 0) is 12.1 Å². The molecule has 1 unspecified atom stereocenters. The molecule has 2 N–H and O–H groups in total. The van der Waals surface area contributed by atoms with E-state index in [9.17, 15) is 9.59 Å². The summed E-state index contributed by atoms with van der Waals surface area (Å²) in [5.74, 6) is -1.34. The molecule has 0 bridgehead atoms. The van der Waals surface area contributed by atoms with Gasteiger partial charge in [-0.15, -0.1) is 0 Å². The van der Waals surface area contributed by atoms with E-state index in [1.165, 1.54) is 18.3 Å². The van der Waals surface area contributed by atoms with E-state index in [0.717, 1.165) is 7.11 Å². The molecule has 0 saturated carbocycles. The minimum Gasteiger partial charge on any atom is -0.467 e. The molecule has 1 aromatic rings. The predicted molar refractivity (Wildman–Crippen MR) is 59.6 cm³/mol. The first-order chi connectivity index (χ1) is 8.10. The topological polar surface area (TPSA) is 88.5 Å². The maximum atomic E-state index is 11.7. The standard InChI is InChI=1S/C10H11ClN2O4/c1-17-10(16)7(5-14)13-9(15)6-3-2-4-12-8(6)11/h2-4,7,14H,5H2,1H3,(H,13,15). The average Bonchev–Trinajstić information content (AvgIpc) is 2.35. The zero-order chi connectivity index (χ0) is 12.8. The van der Waals surface area contributed by atoms with Gasteiger partial charge in [0.1, 0.15) is 5.15 Å². The van der Waals surface area contributed by atoms with Gasteiger partial charge < -0.3 is 15.2 Å². The summed E-state index contributed by atoms with van der Waals surface area (Å²) in [6.07, 6.45) is 1.43. The van der Waals surface area contributed by atoms with Crippen molar-refractivity contribution in [3.63, 3.8) is 0 Å². The molecule has 0 fully saturated rings. The van der Waals surface area contributed by atoms with Crippen LogP contribution in [0.4, 0.5) is 0 Å². The van der Waals surface area contributed by atoms with Crippen LogP contribution in [0.15, 0.2) is 18.3 Å². The number of nitrogens with zero attached hydrogens (tertiary/aromatic N) is 1. The van der Waals surface area contributed by atoms with Crippen molar-refractivity contribution < 1.29 is 19.4 Å². The molecule has 7 heteroatoms. The second-order valence-electron chi connectivity index (χ2n) is 3.07. The molecule has 0 aliphatic heterocycles. The average molecular weight is 259 g/mol. The van der Waals surface area contributed by atoms with Gasteiger partial charge in [-0.2, -0.15) is 0 Å². The molecule has 0 saturated heterocycles. The molecule has 1 heterocycles. The summed E-state index contributed by atoms with van der Waals surface area (Å²) < 4.78 is 4.41. The minimum atomic E-state index is -1.12. The Labute approximate surface area is 103 Å². The van der Waals surface area contributed by atoms with E-state index in [4.69, 9.17) is 16.7 Å². The highest BCUT2D eigenvalue weighted by Gasteiger charge is 2.22. The third-order valence-electron chi connectivity index (χ3n) is 1.98. The van der Waals surface area contributed by atoms with Crippen LogP contribution in [0.25, 0.3) is 0 Å². The first kappa shape index (κ1) is 13.4. The normalized spacial score (nSPS) is 11.7. The Morgan fingerprint density at radius 3 is 2.88 bits per heavy atom. The lowest BCUT2D eigenvalue weighted by Gasteiger charge is -2.13. The number of aromatic nitrogens is 1. The van der Waals surface area contributed by atoms with Crippen LogP contribution in [0.1, 0.15) is 10.4 Å². The Morgan fingerprint density at radius 2 is 2.35 bits per heavy atom. The summed E-state index contributed by atoms with van der Waals surface area (Å²) in [6, 6.07) is 1.87. The molecule has 92 valence electrons. The number of ether oxygens (including phenoxy) is 1. The molecule has 1 amide bonds. The summed E-state index contributed by atoms with van der Waals surface area (Å²) >= 11 is 5.71. The number of rotatable bonds is 4. The van der Waals surface area contributed by atoms with Gasteiger partial charge in [-0.3, -0.25) is 4.79 Å². The number of aliphatic hydroxyl groups is 1. The van der Waals surface area contributed by atoms with Crippen molar-refractivity contribution in [2.24, 2.45) is 0 Å². The Balaban J connectivity index is 2.78. The third kappa shape index (κ3) is 3.40. The fourth-order valence-corrected chi connectivity index (χ4v) is 1.32. The van der Waals surface area contributed by atoms with Gasteiger partial charge in [-0.1, -0.05) is 11.6 Å². The largest absolute Gasteiger partial charge is 0.467 e. The Morgan fingerprint density at radius 1 is 1.65 bits per heavy atom. The lowest BCUT2D eigenvalue weighted by atomic mass is 10.2. The molecule has 6 nitrogen and oxygen atoms in total. The highest BCUT2D eigenvalue weighted by molar-refractivity contribution is 6.32. The highest BCUT2D eigenvalue weighted by atomic mass is 35.5. The smallest absolute Gasteiger partial charge is 0.330 e. The fraction of sp³-hybridized carbons (Fsp3) is 0.300. The van der Waals surface area contributed by atoms with E-state index >= 15 is 0 Å². The first-order valence-electron chi connectivity index (χ1n) is 4.70. The van der Waals surface area contributed by atoms with Crippen molar-refractivity contribution in [2.75, 3.05) is 13.7 Å². The van der Waals surface area contributed by atoms with Gasteiger partial charge >= 0.3 is 5.97 Å². The molecule has 0 aliphatic carbocycles. The van der Waals surface area contributed by atoms with E-state index in [0.29, 0.717) is 0 Å². The van der Waals surface area contributed by atoms with Gasteiger partial charge in [0, 0.05) is 6.20 Å². The molecule has 0 spiro atoms. The number of nitrogens with one attached hydrogen (secondary N) is 1. The lowest BCUT2D eigenvalue weighted by Crippen LogP contribution is -2.44. The van der Waals surface area contributed by atoms with Gasteiger partial charge in [-0.25, -0.2) is 9.78 Å². The number of aliphatic hydroxyl groups excluding tert-OH is 1. The molecule has 0 aliphatic rings. The van der Waals surface area contributed by atoms with Gasteiger partial charge in [0.25, 0.3) is 5.91 Å². The first-order valence-corrected chi connectivity index (χ1v) is 5.08. The quantitative estimate of drug-likeness (QED) is 0.586. The predicted octanol–water partition coefficient (Wildman–Crippen LogP) is -0.00130. The molecule has 17 heavy (non-hydrogen) atoms. The van der Waals surface area contributed by atoms with Crippen molar-refractivity contribution in [2.45, 2.75) is 6.04 Å². The second-order valence-corrected chi connectivity index (χ2v) is 3.43. The van der Waals surface area contributed by atoms with E-state index < -0.39 is 24.5 Å². The van der Waals surface area contributed by atoms with Crippen molar-refractivity contribution >= 4 is 23.5 Å². The summed E-state index contributed by atoms with van der Waals surface area (Å²) in [6.45, 7) is -0.559. The van der Waals surface area contributed by atoms with Crippen LogP contribution in [-0.4, -0.2) is 41.7 Å². The Bertz CT molecular complexity index is 425. The molecule has 0 radical (unpaired) electrons. The van der Waals surface area contributed by atoms with Crippen molar-refractivity contribution in [3.8, 4) is 0 Å². The molecular weight excluding hydrogens is 248 g/mol. The van der Waals surface area contributed by atoms with E-state index in [1.807, 2.05) is 0 Å². The van der Waals surface area contributed by atoms with Crippen LogP contribution in [-0.2, 0) is 9.53 Å². The van der Waals surface area contributed by atoms with Crippen LogP contribution in [0.5, 0.6) is 0 Å². The SMILES string of the molecule is COC(=O)C(CO)NC(=O)c1cccnc1Cl. The summed E-state index contributed by atoms with van der Waals surface area (Å²) in [5, 5.41) is 11.2. The molecule has 0 aromatic carbocycles. The van der Waals surface area contributed by atoms with E-state index in [-0.39, 0.29) is 10.7 Å². The van der Waals surface area contributed by atoms with Crippen LogP contribution < -0.4 is 5.32 Å².